The Labute approximate surface area is 98.7 Å². The van der Waals surface area contributed by atoms with Crippen LogP contribution >= 0.6 is 37.2 Å². The molecule has 5 heteroatoms. The lowest BCUT2D eigenvalue weighted by molar-refractivity contribution is -0.0556. The third-order valence-corrected chi connectivity index (χ3v) is 2.20. The Morgan fingerprint density at radius 2 is 1.54 bits per heavy atom. The minimum Gasteiger partial charge on any atom is -0.387 e. The van der Waals surface area contributed by atoms with Crippen molar-refractivity contribution in [1.82, 2.24) is 0 Å². The van der Waals surface area contributed by atoms with Gasteiger partial charge in [0.25, 0.3) is 0 Å². The van der Waals surface area contributed by atoms with E-state index in [1.165, 1.54) is 6.42 Å². The van der Waals surface area contributed by atoms with Gasteiger partial charge in [0.05, 0.1) is 12.2 Å². The van der Waals surface area contributed by atoms with E-state index in [4.69, 9.17) is 4.74 Å². The number of rotatable bonds is 2. The molecule has 0 amide bonds. The molecule has 0 aromatic carbocycles. The molecule has 0 heterocycles. The molecular weight excluding hydrogens is 234 g/mol. The van der Waals surface area contributed by atoms with Gasteiger partial charge in [-0.2, -0.15) is 0 Å². The van der Waals surface area contributed by atoms with Gasteiger partial charge in [-0.15, -0.1) is 37.2 Å². The molecule has 0 bridgehead atoms. The van der Waals surface area contributed by atoms with E-state index >= 15 is 0 Å². The largest absolute Gasteiger partial charge is 0.387 e. The maximum atomic E-state index is 9.75. The van der Waals surface area contributed by atoms with Gasteiger partial charge >= 0.3 is 0 Å². The van der Waals surface area contributed by atoms with Gasteiger partial charge in [-0.3, -0.25) is 0 Å². The van der Waals surface area contributed by atoms with Gasteiger partial charge in [-0.1, -0.05) is 19.3 Å². The van der Waals surface area contributed by atoms with Gasteiger partial charge in [-0.05, 0) is 12.8 Å². The van der Waals surface area contributed by atoms with E-state index in [0.717, 1.165) is 25.7 Å². The predicted octanol–water partition coefficient (Wildman–Crippen LogP) is 2.59. The van der Waals surface area contributed by atoms with Crippen LogP contribution in [0.1, 0.15) is 32.1 Å². The zero-order valence-electron chi connectivity index (χ0n) is 7.82. The maximum absolute atomic E-state index is 9.75. The minimum absolute atomic E-state index is 0. The summed E-state index contributed by atoms with van der Waals surface area (Å²) in [4.78, 5) is 0. The molecule has 0 saturated heterocycles. The first-order chi connectivity index (χ1) is 4.77. The molecule has 0 radical (unpaired) electrons. The molecule has 1 rings (SSSR count). The molecule has 0 aromatic rings. The molecule has 13 heavy (non-hydrogen) atoms. The number of ether oxygens (including phenoxy) is 1. The van der Waals surface area contributed by atoms with Crippen molar-refractivity contribution in [3.05, 3.63) is 0 Å². The Balaban J connectivity index is -0.000000333. The van der Waals surface area contributed by atoms with Crippen molar-refractivity contribution in [1.29, 1.82) is 0 Å². The maximum Gasteiger partial charge on any atom is 0.0880 e. The monoisotopic (exact) mass is 252 g/mol. The molecule has 1 aliphatic carbocycles. The van der Waals surface area contributed by atoms with Gasteiger partial charge in [-0.25, -0.2) is 0 Å². The zero-order valence-corrected chi connectivity index (χ0v) is 10.3. The number of aliphatic hydroxyl groups is 1. The second kappa shape index (κ2) is 9.35. The van der Waals surface area contributed by atoms with E-state index in [2.05, 4.69) is 0 Å². The van der Waals surface area contributed by atoms with Crippen LogP contribution in [0.5, 0.6) is 0 Å². The fourth-order valence-corrected chi connectivity index (χ4v) is 1.62. The van der Waals surface area contributed by atoms with Gasteiger partial charge in [0.2, 0.25) is 0 Å². The Kier molecular flexibility index (Phi) is 13.9. The highest BCUT2D eigenvalue weighted by Gasteiger charge is 2.28. The van der Waals surface area contributed by atoms with Gasteiger partial charge in [0.15, 0.2) is 0 Å². The van der Waals surface area contributed by atoms with Crippen molar-refractivity contribution >= 4 is 37.2 Å². The Bertz CT molecular complexity index is 100. The molecule has 0 spiro atoms. The van der Waals surface area contributed by atoms with Crippen LogP contribution in [0.2, 0.25) is 0 Å². The van der Waals surface area contributed by atoms with Gasteiger partial charge in [0.1, 0.15) is 0 Å². The summed E-state index contributed by atoms with van der Waals surface area (Å²) >= 11 is 0. The first kappa shape index (κ1) is 19.4. The highest BCUT2D eigenvalue weighted by molar-refractivity contribution is 5.86. The SMILES string of the molecule is COCC1(O)CCCCC1.Cl.Cl.Cl. The van der Waals surface area contributed by atoms with Crippen LogP contribution in [-0.4, -0.2) is 24.4 Å². The van der Waals surface area contributed by atoms with Crippen LogP contribution in [0.15, 0.2) is 0 Å². The molecule has 1 fully saturated rings. The Morgan fingerprint density at radius 3 is 1.92 bits per heavy atom. The molecule has 84 valence electrons. The Hall–Kier alpha value is 0.790. The third-order valence-electron chi connectivity index (χ3n) is 2.20. The van der Waals surface area contributed by atoms with Crippen molar-refractivity contribution in [2.75, 3.05) is 13.7 Å². The van der Waals surface area contributed by atoms with Crippen molar-refractivity contribution in [3.8, 4) is 0 Å². The lowest BCUT2D eigenvalue weighted by Crippen LogP contribution is -2.36. The number of hydrogen-bond acceptors (Lipinski definition) is 2. The summed E-state index contributed by atoms with van der Waals surface area (Å²) < 4.78 is 4.93. The molecule has 0 aromatic heterocycles. The average Bonchev–Trinajstić information content (AvgIpc) is 1.89. The molecule has 1 aliphatic rings. The van der Waals surface area contributed by atoms with Crippen molar-refractivity contribution in [2.24, 2.45) is 0 Å². The topological polar surface area (TPSA) is 29.5 Å². The first-order valence-electron chi connectivity index (χ1n) is 3.98. The molecule has 1 saturated carbocycles. The van der Waals surface area contributed by atoms with Gasteiger partial charge in [0, 0.05) is 7.11 Å². The number of methoxy groups -OCH3 is 1. The van der Waals surface area contributed by atoms with Crippen molar-refractivity contribution < 1.29 is 9.84 Å². The summed E-state index contributed by atoms with van der Waals surface area (Å²) in [7, 11) is 1.65. The van der Waals surface area contributed by atoms with E-state index < -0.39 is 5.60 Å². The Morgan fingerprint density at radius 1 is 1.08 bits per heavy atom. The van der Waals surface area contributed by atoms with E-state index in [9.17, 15) is 5.11 Å². The standard InChI is InChI=1S/C8H16O2.3ClH/c1-10-7-8(9)5-3-2-4-6-8;;;/h9H,2-7H2,1H3;3*1H. The van der Waals surface area contributed by atoms with Crippen LogP contribution in [0.25, 0.3) is 0 Å². The summed E-state index contributed by atoms with van der Waals surface area (Å²) in [5.74, 6) is 0. The van der Waals surface area contributed by atoms with Crippen LogP contribution < -0.4 is 0 Å². The average molecular weight is 254 g/mol. The number of halogens is 3. The van der Waals surface area contributed by atoms with E-state index in [-0.39, 0.29) is 37.2 Å². The number of hydrogen-bond donors (Lipinski definition) is 1. The first-order valence-corrected chi connectivity index (χ1v) is 3.98. The smallest absolute Gasteiger partial charge is 0.0880 e. The van der Waals surface area contributed by atoms with Crippen LogP contribution in [0.3, 0.4) is 0 Å². The molecule has 0 unspecified atom stereocenters. The highest BCUT2D eigenvalue weighted by atomic mass is 35.5. The van der Waals surface area contributed by atoms with Crippen LogP contribution in [-0.2, 0) is 4.74 Å². The normalized spacial score (nSPS) is 18.9. The van der Waals surface area contributed by atoms with E-state index in [0.29, 0.717) is 6.61 Å². The zero-order chi connectivity index (χ0) is 7.45. The molecule has 0 atom stereocenters. The fraction of sp³-hybridized carbons (Fsp3) is 1.00. The molecular formula is C8H19Cl3O2. The van der Waals surface area contributed by atoms with Crippen LogP contribution in [0.4, 0.5) is 0 Å². The van der Waals surface area contributed by atoms with Gasteiger partial charge < -0.3 is 9.84 Å². The summed E-state index contributed by atoms with van der Waals surface area (Å²) in [5, 5.41) is 9.75. The van der Waals surface area contributed by atoms with E-state index in [1.54, 1.807) is 7.11 Å². The molecule has 0 aliphatic heterocycles. The third kappa shape index (κ3) is 6.81. The lowest BCUT2D eigenvalue weighted by Gasteiger charge is -2.30. The minimum atomic E-state index is -0.493. The fourth-order valence-electron chi connectivity index (χ4n) is 1.62. The summed E-state index contributed by atoms with van der Waals surface area (Å²) in [6.07, 6.45) is 5.41. The molecule has 1 N–H and O–H groups in total. The van der Waals surface area contributed by atoms with Crippen molar-refractivity contribution in [3.63, 3.8) is 0 Å². The van der Waals surface area contributed by atoms with E-state index in [1.807, 2.05) is 0 Å². The quantitative estimate of drug-likeness (QED) is 0.820. The molecule has 2 nitrogen and oxygen atoms in total. The summed E-state index contributed by atoms with van der Waals surface area (Å²) in [5.41, 5.74) is -0.493. The van der Waals surface area contributed by atoms with Crippen LogP contribution in [0, 0.1) is 0 Å². The predicted molar refractivity (Wildman–Crippen MR) is 61.7 cm³/mol. The highest BCUT2D eigenvalue weighted by Crippen LogP contribution is 2.27. The summed E-state index contributed by atoms with van der Waals surface area (Å²) in [6, 6.07) is 0. The second-order valence-corrected chi connectivity index (χ2v) is 3.22. The second-order valence-electron chi connectivity index (χ2n) is 3.22. The lowest BCUT2D eigenvalue weighted by atomic mass is 9.86. The van der Waals surface area contributed by atoms with Crippen molar-refractivity contribution in [2.45, 2.75) is 37.7 Å². The summed E-state index contributed by atoms with van der Waals surface area (Å²) in [6.45, 7) is 0.507.